The lowest BCUT2D eigenvalue weighted by molar-refractivity contribution is 0.267. The zero-order chi connectivity index (χ0) is 7.56. The van der Waals surface area contributed by atoms with Gasteiger partial charge in [-0.25, -0.2) is 0 Å². The van der Waals surface area contributed by atoms with Crippen LogP contribution in [0.5, 0.6) is 0 Å². The van der Waals surface area contributed by atoms with E-state index in [1.165, 1.54) is 5.57 Å². The molecule has 1 aliphatic carbocycles. The van der Waals surface area contributed by atoms with Crippen LogP contribution < -0.4 is 0 Å². The van der Waals surface area contributed by atoms with Gasteiger partial charge in [-0.3, -0.25) is 4.90 Å². The summed E-state index contributed by atoms with van der Waals surface area (Å²) in [5.74, 6) is 0. The Kier molecular flexibility index (Phi) is 2.50. The molecular formula is C9H16N. The third kappa shape index (κ3) is 1.40. The second-order valence-corrected chi connectivity index (χ2v) is 2.79. The molecule has 0 aromatic carbocycles. The molecule has 0 fully saturated rings. The summed E-state index contributed by atoms with van der Waals surface area (Å²) in [6.07, 6.45) is 4.62. The maximum absolute atomic E-state index is 2.44. The van der Waals surface area contributed by atoms with E-state index in [1.807, 2.05) is 0 Å². The normalized spacial score (nSPS) is 24.4. The first-order valence-electron chi connectivity index (χ1n) is 4.05. The van der Waals surface area contributed by atoms with Crippen molar-refractivity contribution in [3.63, 3.8) is 0 Å². The van der Waals surface area contributed by atoms with Crippen LogP contribution in [0.2, 0.25) is 0 Å². The molecule has 0 saturated heterocycles. The molecule has 1 atom stereocenters. The standard InChI is InChI=1S/C9H16N/c1-4-10(5-2)9-6-8(3)7-9/h6-7,9H,4-5H2,1-3H3. The van der Waals surface area contributed by atoms with E-state index < -0.39 is 0 Å². The molecular weight excluding hydrogens is 122 g/mol. The first kappa shape index (κ1) is 7.80. The Morgan fingerprint density at radius 1 is 1.40 bits per heavy atom. The molecule has 0 N–H and O–H groups in total. The summed E-state index contributed by atoms with van der Waals surface area (Å²) < 4.78 is 0. The fraction of sp³-hybridized carbons (Fsp3) is 0.667. The number of rotatable bonds is 3. The number of hydrogen-bond acceptors (Lipinski definition) is 1. The third-order valence-corrected chi connectivity index (χ3v) is 2.10. The highest BCUT2D eigenvalue weighted by Crippen LogP contribution is 2.21. The van der Waals surface area contributed by atoms with E-state index in [9.17, 15) is 0 Å². The SMILES string of the molecule is CCN(CC)C1[CH]C(C)=C1. The van der Waals surface area contributed by atoms with Gasteiger partial charge in [0, 0.05) is 12.5 Å². The molecule has 0 aromatic heterocycles. The van der Waals surface area contributed by atoms with Crippen LogP contribution in [0.15, 0.2) is 11.6 Å². The highest BCUT2D eigenvalue weighted by molar-refractivity contribution is 5.31. The lowest BCUT2D eigenvalue weighted by Crippen LogP contribution is -2.38. The van der Waals surface area contributed by atoms with Gasteiger partial charge in [-0.1, -0.05) is 25.5 Å². The largest absolute Gasteiger partial charge is 0.297 e. The van der Waals surface area contributed by atoms with Gasteiger partial charge >= 0.3 is 0 Å². The third-order valence-electron chi connectivity index (χ3n) is 2.10. The van der Waals surface area contributed by atoms with Gasteiger partial charge in [0.1, 0.15) is 0 Å². The molecule has 0 spiro atoms. The van der Waals surface area contributed by atoms with E-state index in [0.29, 0.717) is 6.04 Å². The predicted octanol–water partition coefficient (Wildman–Crippen LogP) is 1.86. The van der Waals surface area contributed by atoms with Crippen LogP contribution in [0.3, 0.4) is 0 Å². The fourth-order valence-electron chi connectivity index (χ4n) is 1.38. The molecule has 0 aromatic rings. The van der Waals surface area contributed by atoms with Gasteiger partial charge in [-0.15, -0.1) is 0 Å². The monoisotopic (exact) mass is 138 g/mol. The minimum Gasteiger partial charge on any atom is -0.297 e. The molecule has 1 radical (unpaired) electrons. The fourth-order valence-corrected chi connectivity index (χ4v) is 1.38. The van der Waals surface area contributed by atoms with Crippen LogP contribution in [0.25, 0.3) is 0 Å². The molecule has 0 saturated carbocycles. The molecule has 1 aliphatic rings. The van der Waals surface area contributed by atoms with E-state index in [-0.39, 0.29) is 0 Å². The Morgan fingerprint density at radius 3 is 2.20 bits per heavy atom. The Bertz CT molecular complexity index is 134. The number of nitrogens with zero attached hydrogens (tertiary/aromatic N) is 1. The molecule has 0 heterocycles. The van der Waals surface area contributed by atoms with E-state index in [1.54, 1.807) is 0 Å². The van der Waals surface area contributed by atoms with Gasteiger partial charge < -0.3 is 0 Å². The van der Waals surface area contributed by atoms with Crippen molar-refractivity contribution in [2.24, 2.45) is 0 Å². The summed E-state index contributed by atoms with van der Waals surface area (Å²) >= 11 is 0. The molecule has 10 heavy (non-hydrogen) atoms. The molecule has 0 amide bonds. The van der Waals surface area contributed by atoms with Crippen LogP contribution in [0.1, 0.15) is 20.8 Å². The van der Waals surface area contributed by atoms with Crippen LogP contribution >= 0.6 is 0 Å². The Morgan fingerprint density at radius 2 is 1.90 bits per heavy atom. The number of hydrogen-bond donors (Lipinski definition) is 0. The molecule has 0 bridgehead atoms. The summed E-state index contributed by atoms with van der Waals surface area (Å²) in [5, 5.41) is 0. The second-order valence-electron chi connectivity index (χ2n) is 2.79. The van der Waals surface area contributed by atoms with Crippen molar-refractivity contribution in [2.75, 3.05) is 13.1 Å². The molecule has 0 aliphatic heterocycles. The van der Waals surface area contributed by atoms with Gasteiger partial charge in [0.25, 0.3) is 0 Å². The molecule has 1 heteroatoms. The molecule has 1 unspecified atom stereocenters. The summed E-state index contributed by atoms with van der Waals surface area (Å²) in [6, 6.07) is 0.634. The minimum atomic E-state index is 0.634. The van der Waals surface area contributed by atoms with Crippen molar-refractivity contribution in [3.8, 4) is 0 Å². The minimum absolute atomic E-state index is 0.634. The smallest absolute Gasteiger partial charge is 0.0352 e. The van der Waals surface area contributed by atoms with Crippen molar-refractivity contribution in [3.05, 3.63) is 18.1 Å². The van der Waals surface area contributed by atoms with Gasteiger partial charge in [-0.05, 0) is 20.0 Å². The van der Waals surface area contributed by atoms with Crippen molar-refractivity contribution in [2.45, 2.75) is 26.8 Å². The van der Waals surface area contributed by atoms with Crippen LogP contribution in [0.4, 0.5) is 0 Å². The van der Waals surface area contributed by atoms with Crippen molar-refractivity contribution < 1.29 is 0 Å². The molecule has 1 nitrogen and oxygen atoms in total. The van der Waals surface area contributed by atoms with Gasteiger partial charge in [-0.2, -0.15) is 0 Å². The van der Waals surface area contributed by atoms with Crippen LogP contribution in [-0.4, -0.2) is 24.0 Å². The van der Waals surface area contributed by atoms with Crippen molar-refractivity contribution in [1.82, 2.24) is 4.90 Å². The van der Waals surface area contributed by atoms with E-state index >= 15 is 0 Å². The Labute approximate surface area is 63.7 Å². The first-order valence-corrected chi connectivity index (χ1v) is 4.05. The van der Waals surface area contributed by atoms with Gasteiger partial charge in [0.2, 0.25) is 0 Å². The summed E-state index contributed by atoms with van der Waals surface area (Å²) in [6.45, 7) is 8.88. The van der Waals surface area contributed by atoms with E-state index in [0.717, 1.165) is 13.1 Å². The van der Waals surface area contributed by atoms with Crippen LogP contribution in [0, 0.1) is 6.42 Å². The van der Waals surface area contributed by atoms with Crippen LogP contribution in [-0.2, 0) is 0 Å². The zero-order valence-corrected chi connectivity index (χ0v) is 7.09. The second kappa shape index (κ2) is 3.20. The Balaban J connectivity index is 2.35. The maximum Gasteiger partial charge on any atom is 0.0352 e. The lowest BCUT2D eigenvalue weighted by atomic mass is 9.93. The lowest BCUT2D eigenvalue weighted by Gasteiger charge is -2.33. The van der Waals surface area contributed by atoms with Crippen molar-refractivity contribution >= 4 is 0 Å². The highest BCUT2D eigenvalue weighted by atomic mass is 15.1. The predicted molar refractivity (Wildman–Crippen MR) is 44.8 cm³/mol. The molecule has 1 rings (SSSR count). The van der Waals surface area contributed by atoms with E-state index in [4.69, 9.17) is 0 Å². The van der Waals surface area contributed by atoms with Gasteiger partial charge in [0.15, 0.2) is 0 Å². The average molecular weight is 138 g/mol. The summed E-state index contributed by atoms with van der Waals surface area (Å²) in [5.41, 5.74) is 1.43. The number of likely N-dealkylation sites (N-methyl/N-ethyl adjacent to an activating group) is 1. The van der Waals surface area contributed by atoms with Crippen molar-refractivity contribution in [1.29, 1.82) is 0 Å². The maximum atomic E-state index is 2.44. The zero-order valence-electron chi connectivity index (χ0n) is 7.09. The quantitative estimate of drug-likeness (QED) is 0.575. The highest BCUT2D eigenvalue weighted by Gasteiger charge is 2.20. The first-order chi connectivity index (χ1) is 4.77. The van der Waals surface area contributed by atoms with Gasteiger partial charge in [0.05, 0.1) is 0 Å². The topological polar surface area (TPSA) is 3.24 Å². The molecule has 57 valence electrons. The summed E-state index contributed by atoms with van der Waals surface area (Å²) in [7, 11) is 0. The van der Waals surface area contributed by atoms with E-state index in [2.05, 4.69) is 38.2 Å². The Hall–Kier alpha value is -0.300. The summed E-state index contributed by atoms with van der Waals surface area (Å²) in [4.78, 5) is 2.44. The average Bonchev–Trinajstić information content (AvgIpc) is 1.87.